The van der Waals surface area contributed by atoms with E-state index in [1.165, 1.54) is 11.8 Å². The molecule has 2 aliphatic rings. The van der Waals surface area contributed by atoms with Crippen molar-refractivity contribution < 1.29 is 19.1 Å². The number of hydrogen-bond donors (Lipinski definition) is 1. The Balaban J connectivity index is 1.63. The van der Waals surface area contributed by atoms with Crippen LogP contribution in [0.5, 0.6) is 11.5 Å². The van der Waals surface area contributed by atoms with Crippen LogP contribution in [0.1, 0.15) is 25.7 Å². The molecule has 1 aromatic carbocycles. The van der Waals surface area contributed by atoms with Crippen molar-refractivity contribution in [3.63, 3.8) is 0 Å². The average molecular weight is 375 g/mol. The van der Waals surface area contributed by atoms with Gasteiger partial charge in [0.25, 0.3) is 0 Å². The topological polar surface area (TPSA) is 89.4 Å². The number of amides is 3. The summed E-state index contributed by atoms with van der Waals surface area (Å²) in [7, 11) is 3.10. The van der Waals surface area contributed by atoms with Gasteiger partial charge in [0.05, 0.1) is 30.7 Å². The van der Waals surface area contributed by atoms with Crippen molar-refractivity contribution >= 4 is 40.1 Å². The monoisotopic (exact) mass is 375 g/mol. The smallest absolute Gasteiger partial charge is 0.367 e. The Kier molecular flexibility index (Phi) is 5.92. The third kappa shape index (κ3) is 4.24. The molecule has 138 valence electrons. The predicted octanol–water partition coefficient (Wildman–Crippen LogP) is 3.54. The average Bonchev–Trinajstić information content (AvgIpc) is 2.65. The van der Waals surface area contributed by atoms with Gasteiger partial charge in [0.1, 0.15) is 11.5 Å². The summed E-state index contributed by atoms with van der Waals surface area (Å²) in [5.74, 6) is 1.23. The molecule has 8 heteroatoms. The minimum absolute atomic E-state index is 0.0885. The van der Waals surface area contributed by atoms with E-state index in [0.29, 0.717) is 22.2 Å². The predicted molar refractivity (Wildman–Crippen MR) is 103 cm³/mol. The zero-order valence-corrected chi connectivity index (χ0v) is 15.6. The summed E-state index contributed by atoms with van der Waals surface area (Å²) < 4.78 is 10.4. The molecule has 3 rings (SSSR count). The molecular formula is C18H21N3O4S. The lowest BCUT2D eigenvalue weighted by Gasteiger charge is -2.26. The first-order chi connectivity index (χ1) is 12.6. The van der Waals surface area contributed by atoms with Crippen LogP contribution in [-0.2, 0) is 4.79 Å². The minimum atomic E-state index is -0.462. The summed E-state index contributed by atoms with van der Waals surface area (Å²) in [5, 5.41) is 3.53. The van der Waals surface area contributed by atoms with E-state index in [0.717, 1.165) is 31.4 Å². The number of aliphatic imine (C=N–C) groups is 2. The summed E-state index contributed by atoms with van der Waals surface area (Å²) in [6.07, 6.45) is 3.91. The van der Waals surface area contributed by atoms with Gasteiger partial charge >= 0.3 is 6.03 Å². The molecule has 1 saturated carbocycles. The number of ether oxygens (including phenoxy) is 2. The Morgan fingerprint density at radius 3 is 2.88 bits per heavy atom. The van der Waals surface area contributed by atoms with Crippen molar-refractivity contribution in [3.05, 3.63) is 18.2 Å². The SMILES string of the molecule is COc1ccc(OC)c(NC(=O)CSC2=NC(=O)N=C3CCCCC32)c1. The molecule has 1 unspecified atom stereocenters. The molecule has 0 saturated heterocycles. The van der Waals surface area contributed by atoms with E-state index in [1.54, 1.807) is 32.4 Å². The highest BCUT2D eigenvalue weighted by molar-refractivity contribution is 8.14. The van der Waals surface area contributed by atoms with Gasteiger partial charge < -0.3 is 14.8 Å². The molecule has 1 heterocycles. The van der Waals surface area contributed by atoms with E-state index in [-0.39, 0.29) is 17.6 Å². The Labute approximate surface area is 156 Å². The second kappa shape index (κ2) is 8.35. The highest BCUT2D eigenvalue weighted by Gasteiger charge is 2.30. The first-order valence-corrected chi connectivity index (χ1v) is 9.44. The van der Waals surface area contributed by atoms with Crippen LogP contribution in [0.4, 0.5) is 10.5 Å². The summed E-state index contributed by atoms with van der Waals surface area (Å²) >= 11 is 1.30. The standard InChI is InChI=1S/C18H21N3O4S/c1-24-11-7-8-15(25-2)14(9-11)19-16(22)10-26-17-12-5-3-4-6-13(12)20-18(23)21-17/h7-9,12H,3-6,10H2,1-2H3,(H,19,22). The number of methoxy groups -OCH3 is 2. The quantitative estimate of drug-likeness (QED) is 0.850. The fourth-order valence-electron chi connectivity index (χ4n) is 3.09. The molecule has 0 spiro atoms. The summed E-state index contributed by atoms with van der Waals surface area (Å²) in [5.41, 5.74) is 1.45. The molecular weight excluding hydrogens is 354 g/mol. The molecule has 1 atom stereocenters. The summed E-state index contributed by atoms with van der Waals surface area (Å²) in [6, 6.07) is 4.73. The Bertz CT molecular complexity index is 776. The maximum Gasteiger partial charge on any atom is 0.367 e. The highest BCUT2D eigenvalue weighted by Crippen LogP contribution is 2.31. The van der Waals surface area contributed by atoms with Crippen LogP contribution in [0.15, 0.2) is 28.2 Å². The molecule has 0 bridgehead atoms. The first kappa shape index (κ1) is 18.4. The molecule has 1 N–H and O–H groups in total. The number of rotatable bonds is 5. The maximum absolute atomic E-state index is 12.4. The molecule has 0 radical (unpaired) electrons. The van der Waals surface area contributed by atoms with Crippen LogP contribution in [0, 0.1) is 5.92 Å². The van der Waals surface area contributed by atoms with Crippen molar-refractivity contribution in [3.8, 4) is 11.5 Å². The zero-order valence-electron chi connectivity index (χ0n) is 14.8. The number of nitrogens with one attached hydrogen (secondary N) is 1. The normalized spacial score (nSPS) is 19.2. The number of urea groups is 1. The van der Waals surface area contributed by atoms with Crippen molar-refractivity contribution in [2.75, 3.05) is 25.3 Å². The number of nitrogens with zero attached hydrogens (tertiary/aromatic N) is 2. The molecule has 26 heavy (non-hydrogen) atoms. The lowest BCUT2D eigenvalue weighted by Crippen LogP contribution is -2.31. The first-order valence-electron chi connectivity index (χ1n) is 8.45. The number of hydrogen-bond acceptors (Lipinski definition) is 5. The Morgan fingerprint density at radius 1 is 1.27 bits per heavy atom. The molecule has 1 aliphatic carbocycles. The molecule has 3 amide bonds. The molecule has 7 nitrogen and oxygen atoms in total. The summed E-state index contributed by atoms with van der Waals surface area (Å²) in [6.45, 7) is 0. The van der Waals surface area contributed by atoms with Crippen LogP contribution >= 0.6 is 11.8 Å². The Morgan fingerprint density at radius 2 is 2.12 bits per heavy atom. The Hall–Kier alpha value is -2.35. The van der Waals surface area contributed by atoms with E-state index < -0.39 is 6.03 Å². The van der Waals surface area contributed by atoms with Crippen LogP contribution in [0.2, 0.25) is 0 Å². The number of fused-ring (bicyclic) bond motifs is 1. The van der Waals surface area contributed by atoms with Gasteiger partial charge in [-0.2, -0.15) is 4.99 Å². The van der Waals surface area contributed by atoms with Gasteiger partial charge in [0.15, 0.2) is 0 Å². The van der Waals surface area contributed by atoms with Crippen LogP contribution in [-0.4, -0.2) is 42.7 Å². The highest BCUT2D eigenvalue weighted by atomic mass is 32.2. The van der Waals surface area contributed by atoms with Crippen molar-refractivity contribution in [1.29, 1.82) is 0 Å². The van der Waals surface area contributed by atoms with E-state index in [9.17, 15) is 9.59 Å². The van der Waals surface area contributed by atoms with Gasteiger partial charge in [-0.05, 0) is 31.4 Å². The van der Waals surface area contributed by atoms with Crippen molar-refractivity contribution in [2.45, 2.75) is 25.7 Å². The second-order valence-corrected chi connectivity index (χ2v) is 7.03. The molecule has 1 aromatic rings. The van der Waals surface area contributed by atoms with Crippen molar-refractivity contribution in [2.24, 2.45) is 15.9 Å². The van der Waals surface area contributed by atoms with E-state index in [4.69, 9.17) is 9.47 Å². The fraction of sp³-hybridized carbons (Fsp3) is 0.444. The van der Waals surface area contributed by atoms with E-state index in [1.807, 2.05) is 0 Å². The summed E-state index contributed by atoms with van der Waals surface area (Å²) in [4.78, 5) is 32.1. The minimum Gasteiger partial charge on any atom is -0.497 e. The zero-order chi connectivity index (χ0) is 18.5. The second-order valence-electron chi connectivity index (χ2n) is 6.04. The van der Waals surface area contributed by atoms with Gasteiger partial charge in [-0.15, -0.1) is 0 Å². The number of anilines is 1. The van der Waals surface area contributed by atoms with Crippen LogP contribution < -0.4 is 14.8 Å². The largest absolute Gasteiger partial charge is 0.497 e. The molecule has 0 aromatic heterocycles. The number of benzene rings is 1. The lowest BCUT2D eigenvalue weighted by molar-refractivity contribution is -0.113. The van der Waals surface area contributed by atoms with Crippen LogP contribution in [0.25, 0.3) is 0 Å². The van der Waals surface area contributed by atoms with Gasteiger partial charge in [0, 0.05) is 17.7 Å². The molecule has 1 aliphatic heterocycles. The third-order valence-corrected chi connectivity index (χ3v) is 5.43. The number of carbonyl (C=O) groups is 2. The van der Waals surface area contributed by atoms with E-state index >= 15 is 0 Å². The van der Waals surface area contributed by atoms with Gasteiger partial charge in [-0.3, -0.25) is 4.79 Å². The maximum atomic E-state index is 12.4. The van der Waals surface area contributed by atoms with E-state index in [2.05, 4.69) is 15.3 Å². The number of carbonyl (C=O) groups excluding carboxylic acids is 2. The van der Waals surface area contributed by atoms with Gasteiger partial charge in [0.2, 0.25) is 5.91 Å². The fourth-order valence-corrected chi connectivity index (χ4v) is 4.03. The van der Waals surface area contributed by atoms with Gasteiger partial charge in [-0.1, -0.05) is 18.2 Å². The van der Waals surface area contributed by atoms with Crippen molar-refractivity contribution in [1.82, 2.24) is 0 Å². The number of thioether (sulfide) groups is 1. The molecule has 1 fully saturated rings. The third-order valence-electron chi connectivity index (χ3n) is 4.35. The van der Waals surface area contributed by atoms with Crippen LogP contribution in [0.3, 0.4) is 0 Å². The lowest BCUT2D eigenvalue weighted by atomic mass is 9.87. The van der Waals surface area contributed by atoms with Gasteiger partial charge in [-0.25, -0.2) is 9.79 Å².